The van der Waals surface area contributed by atoms with E-state index in [0.29, 0.717) is 16.8 Å². The predicted octanol–water partition coefficient (Wildman–Crippen LogP) is 3.71. The molecule has 170 valence electrons. The number of hydrogen-bond acceptors (Lipinski definition) is 4. The molecule has 33 heavy (non-hydrogen) atoms. The molecule has 4 N–H and O–H groups in total. The summed E-state index contributed by atoms with van der Waals surface area (Å²) in [5.41, 5.74) is 8.08. The molecule has 0 aliphatic rings. The van der Waals surface area contributed by atoms with Crippen molar-refractivity contribution in [3.05, 3.63) is 88.4 Å². The zero-order valence-electron chi connectivity index (χ0n) is 18.3. The summed E-state index contributed by atoms with van der Waals surface area (Å²) in [5.74, 6) is 4.13. The first-order valence-corrected chi connectivity index (χ1v) is 12.4. The Morgan fingerprint density at radius 3 is 2.64 bits per heavy atom. The van der Waals surface area contributed by atoms with Crippen LogP contribution in [0.25, 0.3) is 0 Å². The number of nitrogens with zero attached hydrogens (tertiary/aromatic N) is 2. The fourth-order valence-corrected chi connectivity index (χ4v) is 3.36. The lowest BCUT2D eigenvalue weighted by Crippen LogP contribution is -2.14. The van der Waals surface area contributed by atoms with Gasteiger partial charge in [-0.15, -0.1) is 10.1 Å². The molecule has 3 aromatic rings. The van der Waals surface area contributed by atoms with Gasteiger partial charge in [0.2, 0.25) is 0 Å². The predicted molar refractivity (Wildman–Crippen MR) is 130 cm³/mol. The largest absolute Gasteiger partial charge is 0.383 e. The molecule has 0 atom stereocenters. The maximum absolute atomic E-state index is 14.0. The minimum Gasteiger partial charge on any atom is -0.383 e. The zero-order chi connectivity index (χ0) is 24.2. The van der Waals surface area contributed by atoms with E-state index in [0.717, 1.165) is 5.56 Å². The summed E-state index contributed by atoms with van der Waals surface area (Å²) in [6.07, 6.45) is 4.27. The van der Waals surface area contributed by atoms with Gasteiger partial charge in [-0.1, -0.05) is 29.5 Å². The molecule has 2 aromatic carbocycles. The van der Waals surface area contributed by atoms with Crippen molar-refractivity contribution < 1.29 is 18.5 Å². The van der Waals surface area contributed by atoms with Crippen LogP contribution in [-0.4, -0.2) is 33.9 Å². The number of nitrogen functional groups attached to an aromatic ring is 1. The second-order valence-corrected chi connectivity index (χ2v) is 10.5. The van der Waals surface area contributed by atoms with Crippen LogP contribution in [-0.2, 0) is 10.1 Å². The van der Waals surface area contributed by atoms with Crippen molar-refractivity contribution in [2.24, 2.45) is 4.36 Å². The molecule has 0 saturated carbocycles. The van der Waals surface area contributed by atoms with E-state index < -0.39 is 27.7 Å². The molecule has 0 spiro atoms. The summed E-state index contributed by atoms with van der Waals surface area (Å²) in [6.45, 7) is 1.77. The fourth-order valence-electron chi connectivity index (χ4n) is 2.80. The van der Waals surface area contributed by atoms with Gasteiger partial charge in [0.05, 0.1) is 16.7 Å². The molecule has 0 radical (unpaired) electrons. The number of pyridine rings is 1. The lowest BCUT2D eigenvalue weighted by molar-refractivity contribution is 0.1000. The van der Waals surface area contributed by atoms with Crippen LogP contribution in [0.2, 0.25) is 0 Å². The van der Waals surface area contributed by atoms with E-state index in [2.05, 4.69) is 26.5 Å². The van der Waals surface area contributed by atoms with Gasteiger partial charge in [-0.3, -0.25) is 9.59 Å². The van der Waals surface area contributed by atoms with E-state index >= 15 is 0 Å². The maximum atomic E-state index is 14.0. The van der Waals surface area contributed by atoms with Gasteiger partial charge < -0.3 is 15.6 Å². The zero-order valence-corrected chi connectivity index (χ0v) is 19.2. The molecule has 0 fully saturated rings. The van der Waals surface area contributed by atoms with Crippen molar-refractivity contribution >= 4 is 33.4 Å². The first-order chi connectivity index (χ1) is 15.5. The molecule has 0 unspecified atom stereocenters. The highest BCUT2D eigenvalue weighted by molar-refractivity contribution is 7.98. The summed E-state index contributed by atoms with van der Waals surface area (Å²) >= 11 is 0. The molecule has 2 amide bonds. The minimum absolute atomic E-state index is 0.0502. The summed E-state index contributed by atoms with van der Waals surface area (Å²) < 4.78 is 27.6. The molecule has 1 heterocycles. The van der Waals surface area contributed by atoms with Gasteiger partial charge in [0.1, 0.15) is 11.6 Å². The van der Waals surface area contributed by atoms with Crippen LogP contribution in [0, 0.1) is 24.6 Å². The maximum Gasteiger partial charge on any atom is 0.284 e. The molecule has 0 aliphatic carbocycles. The van der Waals surface area contributed by atoms with Gasteiger partial charge in [0.25, 0.3) is 11.8 Å². The Bertz CT molecular complexity index is 1360. The standard InChI is InChI=1S/C24H23FN4O3S/c1-15-7-10-21(25)20(11-15)24(31)28-19-6-4-5-16(12-19)8-9-17-13-18(14-27-22(17)26)23(30)29-33(2,3)32/h4-7,10-14,33H,1-3H3,(H2,26,27)(H,28,31)(H,29,30,32). The third kappa shape index (κ3) is 6.55. The molecule has 0 saturated heterocycles. The van der Waals surface area contributed by atoms with Crippen molar-refractivity contribution in [2.45, 2.75) is 6.92 Å². The van der Waals surface area contributed by atoms with Gasteiger partial charge >= 0.3 is 0 Å². The average molecular weight is 467 g/mol. The van der Waals surface area contributed by atoms with Crippen LogP contribution in [0.4, 0.5) is 15.9 Å². The quantitative estimate of drug-likeness (QED) is 0.347. The average Bonchev–Trinajstić information content (AvgIpc) is 2.74. The van der Waals surface area contributed by atoms with Crippen molar-refractivity contribution in [1.82, 2.24) is 4.98 Å². The Balaban J connectivity index is 1.84. The third-order valence-electron chi connectivity index (χ3n) is 4.33. The number of halogens is 1. The van der Waals surface area contributed by atoms with Gasteiger partial charge in [0, 0.05) is 17.4 Å². The number of carbonyl (C=O) groups is 2. The topological polar surface area (TPSA) is 118 Å². The Morgan fingerprint density at radius 1 is 1.15 bits per heavy atom. The molecular formula is C24H23FN4O3S. The normalized spacial score (nSPS) is 11.2. The van der Waals surface area contributed by atoms with Crippen LogP contribution in [0.5, 0.6) is 0 Å². The molecule has 9 heteroatoms. The van der Waals surface area contributed by atoms with Gasteiger partial charge in [-0.25, -0.2) is 9.37 Å². The Labute approximate surface area is 192 Å². The molecule has 3 rings (SSSR count). The third-order valence-corrected chi connectivity index (χ3v) is 5.00. The van der Waals surface area contributed by atoms with E-state index in [1.807, 2.05) is 0 Å². The van der Waals surface area contributed by atoms with Crippen LogP contribution in [0.1, 0.15) is 37.4 Å². The highest BCUT2D eigenvalue weighted by Crippen LogP contribution is 2.16. The number of nitrogens with one attached hydrogen (secondary N) is 1. The SMILES string of the molecule is Cc1ccc(F)c(C(=O)Nc2cccc(C#Cc3cc(C(=O)N=[SH](C)(C)O)cnc3N)c2)c1. The molecule has 1 aromatic heterocycles. The lowest BCUT2D eigenvalue weighted by Gasteiger charge is -2.09. The van der Waals surface area contributed by atoms with E-state index in [4.69, 9.17) is 5.73 Å². The molecule has 0 bridgehead atoms. The smallest absolute Gasteiger partial charge is 0.284 e. The number of thiol groups is 1. The second-order valence-electron chi connectivity index (χ2n) is 7.67. The van der Waals surface area contributed by atoms with Crippen LogP contribution >= 0.6 is 0 Å². The van der Waals surface area contributed by atoms with E-state index in [1.165, 1.54) is 36.9 Å². The van der Waals surface area contributed by atoms with Gasteiger partial charge in [-0.2, -0.15) is 4.36 Å². The number of carbonyl (C=O) groups excluding carboxylic acids is 2. The minimum atomic E-state index is -2.65. The van der Waals surface area contributed by atoms with Crippen LogP contribution in [0.3, 0.4) is 0 Å². The van der Waals surface area contributed by atoms with E-state index in [9.17, 15) is 18.5 Å². The van der Waals surface area contributed by atoms with Gasteiger partial charge in [-0.05, 0) is 55.8 Å². The van der Waals surface area contributed by atoms with Crippen molar-refractivity contribution in [2.75, 3.05) is 23.6 Å². The highest BCUT2D eigenvalue weighted by atomic mass is 32.3. The number of nitrogens with two attached hydrogens (primary N) is 1. The fraction of sp³-hybridized carbons (Fsp3) is 0.125. The number of hydrogen-bond donors (Lipinski definition) is 4. The van der Waals surface area contributed by atoms with E-state index in [-0.39, 0.29) is 16.9 Å². The van der Waals surface area contributed by atoms with Crippen molar-refractivity contribution in [1.29, 1.82) is 0 Å². The number of anilines is 2. The van der Waals surface area contributed by atoms with E-state index in [1.54, 1.807) is 37.3 Å². The Hall–Kier alpha value is -3.87. The monoisotopic (exact) mass is 466 g/mol. The molecule has 0 aliphatic heterocycles. The molecular weight excluding hydrogens is 443 g/mol. The second kappa shape index (κ2) is 9.73. The number of aryl methyl sites for hydroxylation is 1. The highest BCUT2D eigenvalue weighted by Gasteiger charge is 2.12. The van der Waals surface area contributed by atoms with Crippen molar-refractivity contribution in [3.63, 3.8) is 0 Å². The summed E-state index contributed by atoms with van der Waals surface area (Å²) in [4.78, 5) is 28.6. The first kappa shape index (κ1) is 23.8. The number of rotatable bonds is 3. The Kier molecular flexibility index (Phi) is 7.01. The summed E-state index contributed by atoms with van der Waals surface area (Å²) in [6, 6.07) is 12.5. The lowest BCUT2D eigenvalue weighted by atomic mass is 10.1. The number of amides is 2. The Morgan fingerprint density at radius 2 is 1.91 bits per heavy atom. The first-order valence-electron chi connectivity index (χ1n) is 9.81. The summed E-state index contributed by atoms with van der Waals surface area (Å²) in [7, 11) is -2.65. The summed E-state index contributed by atoms with van der Waals surface area (Å²) in [5, 5.41) is 2.66. The van der Waals surface area contributed by atoms with Crippen molar-refractivity contribution in [3.8, 4) is 11.8 Å². The molecule has 7 nitrogen and oxygen atoms in total. The van der Waals surface area contributed by atoms with Crippen LogP contribution < -0.4 is 11.1 Å². The number of benzene rings is 2. The van der Waals surface area contributed by atoms with Gasteiger partial charge in [0.15, 0.2) is 0 Å². The van der Waals surface area contributed by atoms with Crippen LogP contribution in [0.15, 0.2) is 59.1 Å². The number of aromatic nitrogens is 1.